The number of hydrogen-bond acceptors (Lipinski definition) is 5. The Morgan fingerprint density at radius 2 is 1.88 bits per heavy atom. The topological polar surface area (TPSA) is 80.9 Å². The maximum Gasteiger partial charge on any atom is 0.194 e. The minimum Gasteiger partial charge on any atom is -0.383 e. The molecule has 2 aromatic heterocycles. The number of halogens is 1. The van der Waals surface area contributed by atoms with E-state index in [4.69, 9.17) is 5.73 Å². The molecule has 3 rings (SSSR count). The van der Waals surface area contributed by atoms with Crippen molar-refractivity contribution < 1.29 is 9.18 Å². The highest BCUT2D eigenvalue weighted by molar-refractivity contribution is 6.29. The first-order valence-electron chi connectivity index (χ1n) is 7.93. The van der Waals surface area contributed by atoms with Crippen molar-refractivity contribution in [3.05, 3.63) is 90.0 Å². The SMILES string of the molecule is C=C(C(=O)c1ccc(NCc2ccc(F)cc2)nc1)c1cccnc1N. The number of nitrogen functional groups attached to an aromatic ring is 1. The Hall–Kier alpha value is -3.54. The summed E-state index contributed by atoms with van der Waals surface area (Å²) in [7, 11) is 0. The van der Waals surface area contributed by atoms with Crippen LogP contribution in [0.2, 0.25) is 0 Å². The Balaban J connectivity index is 1.67. The zero-order chi connectivity index (χ0) is 18.5. The monoisotopic (exact) mass is 348 g/mol. The zero-order valence-electron chi connectivity index (χ0n) is 13.9. The normalized spacial score (nSPS) is 10.3. The van der Waals surface area contributed by atoms with Crippen LogP contribution in [0.25, 0.3) is 5.57 Å². The van der Waals surface area contributed by atoms with Gasteiger partial charge in [-0.25, -0.2) is 14.4 Å². The highest BCUT2D eigenvalue weighted by Gasteiger charge is 2.15. The van der Waals surface area contributed by atoms with Gasteiger partial charge in [0.15, 0.2) is 5.78 Å². The Morgan fingerprint density at radius 1 is 1.12 bits per heavy atom. The number of anilines is 2. The molecule has 0 unspecified atom stereocenters. The van der Waals surface area contributed by atoms with Gasteiger partial charge >= 0.3 is 0 Å². The standard InChI is InChI=1S/C20H17FN4O/c1-13(17-3-2-10-23-20(17)22)19(26)15-6-9-18(25-12-15)24-11-14-4-7-16(21)8-5-14/h2-10,12H,1,11H2,(H2,22,23)(H,24,25). The molecule has 6 heteroatoms. The van der Waals surface area contributed by atoms with Gasteiger partial charge in [0, 0.05) is 35.6 Å². The van der Waals surface area contributed by atoms with Gasteiger partial charge < -0.3 is 11.1 Å². The molecular weight excluding hydrogens is 331 g/mol. The quantitative estimate of drug-likeness (QED) is 0.524. The Morgan fingerprint density at radius 3 is 2.54 bits per heavy atom. The largest absolute Gasteiger partial charge is 0.383 e. The number of carbonyl (C=O) groups is 1. The van der Waals surface area contributed by atoms with E-state index in [9.17, 15) is 9.18 Å². The van der Waals surface area contributed by atoms with Crippen LogP contribution in [0.3, 0.4) is 0 Å². The van der Waals surface area contributed by atoms with Crippen LogP contribution in [0.15, 0.2) is 67.5 Å². The van der Waals surface area contributed by atoms with Gasteiger partial charge in [0.25, 0.3) is 0 Å². The fraction of sp³-hybridized carbons (Fsp3) is 0.0500. The first kappa shape index (κ1) is 17.3. The molecule has 0 aliphatic heterocycles. The first-order valence-corrected chi connectivity index (χ1v) is 7.93. The van der Waals surface area contributed by atoms with E-state index in [1.807, 2.05) is 0 Å². The van der Waals surface area contributed by atoms with Gasteiger partial charge in [-0.2, -0.15) is 0 Å². The van der Waals surface area contributed by atoms with Crippen LogP contribution < -0.4 is 11.1 Å². The van der Waals surface area contributed by atoms with Crippen molar-refractivity contribution in [1.82, 2.24) is 9.97 Å². The number of nitrogens with zero attached hydrogens (tertiary/aromatic N) is 2. The molecule has 5 nitrogen and oxygen atoms in total. The molecule has 0 atom stereocenters. The lowest BCUT2D eigenvalue weighted by atomic mass is 10.00. The van der Waals surface area contributed by atoms with Gasteiger partial charge in [0.05, 0.1) is 0 Å². The van der Waals surface area contributed by atoms with Crippen molar-refractivity contribution in [2.45, 2.75) is 6.54 Å². The van der Waals surface area contributed by atoms with Crippen molar-refractivity contribution >= 4 is 23.0 Å². The van der Waals surface area contributed by atoms with Crippen molar-refractivity contribution in [1.29, 1.82) is 0 Å². The van der Waals surface area contributed by atoms with Crippen LogP contribution in [0.1, 0.15) is 21.5 Å². The van der Waals surface area contributed by atoms with E-state index < -0.39 is 0 Å². The lowest BCUT2D eigenvalue weighted by molar-refractivity contribution is 0.105. The number of rotatable bonds is 6. The van der Waals surface area contributed by atoms with Crippen LogP contribution in [0.4, 0.5) is 16.0 Å². The number of nitrogens with one attached hydrogen (secondary N) is 1. The minimum atomic E-state index is -0.274. The van der Waals surface area contributed by atoms with Gasteiger partial charge in [-0.05, 0) is 42.0 Å². The number of hydrogen-bond donors (Lipinski definition) is 2. The Kier molecular flexibility index (Phi) is 5.03. The summed E-state index contributed by atoms with van der Waals surface area (Å²) in [6, 6.07) is 13.0. The molecule has 0 bridgehead atoms. The van der Waals surface area contributed by atoms with Gasteiger partial charge in [-0.15, -0.1) is 0 Å². The third kappa shape index (κ3) is 3.92. The highest BCUT2D eigenvalue weighted by atomic mass is 19.1. The number of carbonyl (C=O) groups excluding carboxylic acids is 1. The summed E-state index contributed by atoms with van der Waals surface area (Å²) in [5.74, 6) is 0.334. The van der Waals surface area contributed by atoms with Crippen molar-refractivity contribution in [3.8, 4) is 0 Å². The number of Topliss-reactive ketones (excluding diaryl/α,β-unsaturated/α-hetero) is 1. The molecular formula is C20H17FN4O. The Bertz CT molecular complexity index is 937. The van der Waals surface area contributed by atoms with Crippen LogP contribution >= 0.6 is 0 Å². The van der Waals surface area contributed by atoms with Crippen molar-refractivity contribution in [3.63, 3.8) is 0 Å². The smallest absolute Gasteiger partial charge is 0.194 e. The number of pyridine rings is 2. The second-order valence-electron chi connectivity index (χ2n) is 5.66. The Labute approximate surface area is 150 Å². The van der Waals surface area contributed by atoms with E-state index in [2.05, 4.69) is 21.9 Å². The number of allylic oxidation sites excluding steroid dienone is 1. The molecule has 26 heavy (non-hydrogen) atoms. The summed E-state index contributed by atoms with van der Waals surface area (Å²) < 4.78 is 12.9. The van der Waals surface area contributed by atoms with E-state index in [0.717, 1.165) is 5.56 Å². The predicted octanol–water partition coefficient (Wildman–Crippen LogP) is 3.71. The average molecular weight is 348 g/mol. The van der Waals surface area contributed by atoms with Crippen molar-refractivity contribution in [2.24, 2.45) is 0 Å². The highest BCUT2D eigenvalue weighted by Crippen LogP contribution is 2.22. The molecule has 130 valence electrons. The molecule has 2 heterocycles. The molecule has 0 saturated carbocycles. The van der Waals surface area contributed by atoms with Crippen LogP contribution in [-0.2, 0) is 6.54 Å². The lowest BCUT2D eigenvalue weighted by Crippen LogP contribution is -2.07. The van der Waals surface area contributed by atoms with Gasteiger partial charge in [0.1, 0.15) is 17.5 Å². The zero-order valence-corrected chi connectivity index (χ0v) is 13.9. The molecule has 0 amide bonds. The van der Waals surface area contributed by atoms with Crippen LogP contribution in [0, 0.1) is 5.82 Å². The second kappa shape index (κ2) is 7.57. The first-order chi connectivity index (χ1) is 12.5. The van der Waals surface area contributed by atoms with Gasteiger partial charge in [-0.1, -0.05) is 18.7 Å². The molecule has 0 radical (unpaired) electrons. The lowest BCUT2D eigenvalue weighted by Gasteiger charge is -2.09. The predicted molar refractivity (Wildman–Crippen MR) is 100.0 cm³/mol. The van der Waals surface area contributed by atoms with Crippen molar-refractivity contribution in [2.75, 3.05) is 11.1 Å². The molecule has 0 saturated heterocycles. The molecule has 0 spiro atoms. The summed E-state index contributed by atoms with van der Waals surface area (Å²) in [5.41, 5.74) is 7.90. The fourth-order valence-electron chi connectivity index (χ4n) is 2.40. The maximum atomic E-state index is 12.9. The van der Waals surface area contributed by atoms with E-state index >= 15 is 0 Å². The summed E-state index contributed by atoms with van der Waals surface area (Å²) in [5, 5.41) is 3.12. The average Bonchev–Trinajstić information content (AvgIpc) is 2.67. The summed E-state index contributed by atoms with van der Waals surface area (Å²) in [4.78, 5) is 20.7. The molecule has 0 fully saturated rings. The molecule has 3 aromatic rings. The fourth-order valence-corrected chi connectivity index (χ4v) is 2.40. The van der Waals surface area contributed by atoms with E-state index in [-0.39, 0.29) is 23.0 Å². The number of nitrogens with two attached hydrogens (primary N) is 1. The van der Waals surface area contributed by atoms with Crippen LogP contribution in [-0.4, -0.2) is 15.8 Å². The summed E-state index contributed by atoms with van der Waals surface area (Å²) >= 11 is 0. The third-order valence-corrected chi connectivity index (χ3v) is 3.85. The number of aromatic nitrogens is 2. The van der Waals surface area contributed by atoms with E-state index in [1.165, 1.54) is 18.3 Å². The maximum absolute atomic E-state index is 12.9. The second-order valence-corrected chi connectivity index (χ2v) is 5.66. The molecule has 0 aliphatic rings. The molecule has 1 aromatic carbocycles. The van der Waals surface area contributed by atoms with E-state index in [1.54, 1.807) is 42.6 Å². The summed E-state index contributed by atoms with van der Waals surface area (Å²) in [6.07, 6.45) is 3.03. The van der Waals surface area contributed by atoms with Gasteiger partial charge in [-0.3, -0.25) is 4.79 Å². The molecule has 3 N–H and O–H groups in total. The van der Waals surface area contributed by atoms with Crippen LogP contribution in [0.5, 0.6) is 0 Å². The minimum absolute atomic E-state index is 0.261. The summed E-state index contributed by atoms with van der Waals surface area (Å²) in [6.45, 7) is 4.32. The van der Waals surface area contributed by atoms with E-state index in [0.29, 0.717) is 23.5 Å². The third-order valence-electron chi connectivity index (χ3n) is 3.85. The number of benzene rings is 1. The number of ketones is 1. The molecule has 0 aliphatic carbocycles. The van der Waals surface area contributed by atoms with Gasteiger partial charge in [0.2, 0.25) is 0 Å².